The van der Waals surface area contributed by atoms with Crippen molar-refractivity contribution in [3.63, 3.8) is 0 Å². The lowest BCUT2D eigenvalue weighted by Crippen LogP contribution is -2.44. The van der Waals surface area contributed by atoms with Gasteiger partial charge < -0.3 is 9.64 Å². The molecule has 1 aliphatic rings. The van der Waals surface area contributed by atoms with Crippen LogP contribution in [-0.4, -0.2) is 42.6 Å². The Kier molecular flexibility index (Phi) is 4.08. The number of hydrogen-bond donors (Lipinski definition) is 1. The molecular formula is C10H18N2O3. The van der Waals surface area contributed by atoms with E-state index in [2.05, 4.69) is 5.32 Å². The van der Waals surface area contributed by atoms with Crippen molar-refractivity contribution in [1.82, 2.24) is 10.2 Å². The van der Waals surface area contributed by atoms with Gasteiger partial charge in [0.25, 0.3) is 0 Å². The van der Waals surface area contributed by atoms with Crippen LogP contribution in [0.25, 0.3) is 0 Å². The van der Waals surface area contributed by atoms with E-state index in [0.29, 0.717) is 13.2 Å². The Morgan fingerprint density at radius 1 is 1.67 bits per heavy atom. The Hall–Kier alpha value is -1.10. The van der Waals surface area contributed by atoms with Crippen molar-refractivity contribution in [3.8, 4) is 0 Å². The summed E-state index contributed by atoms with van der Waals surface area (Å²) in [5.41, 5.74) is 0. The molecule has 0 bridgehead atoms. The molecule has 0 radical (unpaired) electrons. The van der Waals surface area contributed by atoms with Crippen molar-refractivity contribution < 1.29 is 14.3 Å². The molecule has 1 unspecified atom stereocenters. The summed E-state index contributed by atoms with van der Waals surface area (Å²) in [6.45, 7) is 6.47. The van der Waals surface area contributed by atoms with Crippen LogP contribution in [0.4, 0.5) is 0 Å². The summed E-state index contributed by atoms with van der Waals surface area (Å²) in [4.78, 5) is 24.3. The predicted molar refractivity (Wildman–Crippen MR) is 55.0 cm³/mol. The molecule has 1 aliphatic heterocycles. The molecule has 1 N–H and O–H groups in total. The summed E-state index contributed by atoms with van der Waals surface area (Å²) in [6, 6.07) is 0. The second kappa shape index (κ2) is 5.11. The first-order valence-corrected chi connectivity index (χ1v) is 5.24. The maximum absolute atomic E-state index is 11.5. The maximum atomic E-state index is 11.5. The van der Waals surface area contributed by atoms with Crippen LogP contribution in [0.1, 0.15) is 20.8 Å². The number of ether oxygens (including phenoxy) is 1. The standard InChI is InChI=1S/C10H18N2O3/c1-4-15-9(14)6-12-8(13)5-11-10(12)7(2)3/h7,10-11H,4-6H2,1-3H3. The zero-order valence-electron chi connectivity index (χ0n) is 9.45. The van der Waals surface area contributed by atoms with Gasteiger partial charge in [0.2, 0.25) is 5.91 Å². The molecule has 1 amide bonds. The second-order valence-electron chi connectivity index (χ2n) is 3.90. The Morgan fingerprint density at radius 2 is 2.33 bits per heavy atom. The average Bonchev–Trinajstić information content (AvgIpc) is 2.48. The van der Waals surface area contributed by atoms with E-state index in [1.54, 1.807) is 11.8 Å². The van der Waals surface area contributed by atoms with Crippen LogP contribution in [-0.2, 0) is 14.3 Å². The summed E-state index contributed by atoms with van der Waals surface area (Å²) >= 11 is 0. The lowest BCUT2D eigenvalue weighted by Gasteiger charge is -2.26. The van der Waals surface area contributed by atoms with Crippen LogP contribution in [0.2, 0.25) is 0 Å². The van der Waals surface area contributed by atoms with Gasteiger partial charge in [-0.25, -0.2) is 0 Å². The number of carbonyl (C=O) groups is 2. The fourth-order valence-corrected chi connectivity index (χ4v) is 1.69. The molecule has 1 saturated heterocycles. The molecule has 0 aliphatic carbocycles. The largest absolute Gasteiger partial charge is 0.465 e. The van der Waals surface area contributed by atoms with Gasteiger partial charge in [0.15, 0.2) is 0 Å². The van der Waals surface area contributed by atoms with Gasteiger partial charge in [0.05, 0.1) is 19.3 Å². The molecule has 0 aromatic rings. The van der Waals surface area contributed by atoms with Gasteiger partial charge in [-0.3, -0.25) is 14.9 Å². The third kappa shape index (κ3) is 2.92. The van der Waals surface area contributed by atoms with Crippen molar-refractivity contribution in [2.75, 3.05) is 19.7 Å². The molecule has 5 nitrogen and oxygen atoms in total. The van der Waals surface area contributed by atoms with Crippen molar-refractivity contribution in [1.29, 1.82) is 0 Å². The number of amides is 1. The third-order valence-corrected chi connectivity index (χ3v) is 2.35. The van der Waals surface area contributed by atoms with Crippen LogP contribution < -0.4 is 5.32 Å². The van der Waals surface area contributed by atoms with Crippen LogP contribution in [0, 0.1) is 5.92 Å². The highest BCUT2D eigenvalue weighted by Gasteiger charge is 2.33. The van der Waals surface area contributed by atoms with Gasteiger partial charge in [-0.05, 0) is 12.8 Å². The number of carbonyl (C=O) groups excluding carboxylic acids is 2. The summed E-state index contributed by atoms with van der Waals surface area (Å²) < 4.78 is 4.82. The van der Waals surface area contributed by atoms with Gasteiger partial charge in [-0.15, -0.1) is 0 Å². The predicted octanol–water partition coefficient (Wildman–Crippen LogP) is -0.0366. The minimum absolute atomic E-state index is 0.0400. The van der Waals surface area contributed by atoms with E-state index in [1.165, 1.54) is 0 Å². The molecule has 5 heteroatoms. The molecule has 1 atom stereocenters. The topological polar surface area (TPSA) is 58.6 Å². The number of nitrogens with one attached hydrogen (secondary N) is 1. The number of esters is 1. The maximum Gasteiger partial charge on any atom is 0.325 e. The van der Waals surface area contributed by atoms with E-state index < -0.39 is 0 Å². The molecule has 0 aromatic heterocycles. The molecule has 86 valence electrons. The van der Waals surface area contributed by atoms with Crippen molar-refractivity contribution in [2.24, 2.45) is 5.92 Å². The van der Waals surface area contributed by atoms with Gasteiger partial charge in [-0.2, -0.15) is 0 Å². The zero-order chi connectivity index (χ0) is 11.4. The van der Waals surface area contributed by atoms with E-state index in [-0.39, 0.29) is 30.5 Å². The molecular weight excluding hydrogens is 196 g/mol. The minimum Gasteiger partial charge on any atom is -0.465 e. The van der Waals surface area contributed by atoms with E-state index >= 15 is 0 Å². The monoisotopic (exact) mass is 214 g/mol. The first kappa shape index (κ1) is 12.0. The highest BCUT2D eigenvalue weighted by atomic mass is 16.5. The summed E-state index contributed by atoms with van der Waals surface area (Å²) in [6.07, 6.45) is -0.0538. The summed E-state index contributed by atoms with van der Waals surface area (Å²) in [5.74, 6) is -0.104. The van der Waals surface area contributed by atoms with Crippen LogP contribution in [0.5, 0.6) is 0 Å². The number of nitrogens with zero attached hydrogens (tertiary/aromatic N) is 1. The van der Waals surface area contributed by atoms with E-state index in [9.17, 15) is 9.59 Å². The van der Waals surface area contributed by atoms with E-state index in [4.69, 9.17) is 4.74 Å². The number of hydrogen-bond acceptors (Lipinski definition) is 4. The smallest absolute Gasteiger partial charge is 0.325 e. The fraction of sp³-hybridized carbons (Fsp3) is 0.800. The average molecular weight is 214 g/mol. The SMILES string of the molecule is CCOC(=O)CN1C(=O)CNC1C(C)C. The lowest BCUT2D eigenvalue weighted by atomic mass is 10.1. The fourth-order valence-electron chi connectivity index (χ4n) is 1.69. The molecule has 0 saturated carbocycles. The van der Waals surface area contributed by atoms with Crippen molar-refractivity contribution in [2.45, 2.75) is 26.9 Å². The molecule has 1 fully saturated rings. The molecule has 15 heavy (non-hydrogen) atoms. The van der Waals surface area contributed by atoms with Gasteiger partial charge in [0.1, 0.15) is 6.54 Å². The number of rotatable bonds is 4. The Labute approximate surface area is 89.8 Å². The van der Waals surface area contributed by atoms with Crippen molar-refractivity contribution in [3.05, 3.63) is 0 Å². The summed E-state index contributed by atoms with van der Waals surface area (Å²) in [5, 5.41) is 3.07. The first-order chi connectivity index (χ1) is 7.06. The Balaban J connectivity index is 2.56. The lowest BCUT2D eigenvalue weighted by molar-refractivity contribution is -0.148. The molecule has 0 spiro atoms. The van der Waals surface area contributed by atoms with Crippen LogP contribution in [0.15, 0.2) is 0 Å². The first-order valence-electron chi connectivity index (χ1n) is 5.24. The van der Waals surface area contributed by atoms with Gasteiger partial charge in [-0.1, -0.05) is 13.8 Å². The minimum atomic E-state index is -0.347. The Morgan fingerprint density at radius 3 is 2.87 bits per heavy atom. The van der Waals surface area contributed by atoms with Crippen LogP contribution in [0.3, 0.4) is 0 Å². The quantitative estimate of drug-likeness (QED) is 0.667. The normalized spacial score (nSPS) is 21.2. The molecule has 1 rings (SSSR count). The van der Waals surface area contributed by atoms with Crippen molar-refractivity contribution >= 4 is 11.9 Å². The van der Waals surface area contributed by atoms with Gasteiger partial charge >= 0.3 is 5.97 Å². The van der Waals surface area contributed by atoms with E-state index in [1.807, 2.05) is 13.8 Å². The highest BCUT2D eigenvalue weighted by Crippen LogP contribution is 2.13. The molecule has 1 heterocycles. The third-order valence-electron chi connectivity index (χ3n) is 2.35. The Bertz CT molecular complexity index is 253. The van der Waals surface area contributed by atoms with Gasteiger partial charge in [0, 0.05) is 0 Å². The zero-order valence-corrected chi connectivity index (χ0v) is 9.45. The summed E-state index contributed by atoms with van der Waals surface area (Å²) in [7, 11) is 0. The second-order valence-corrected chi connectivity index (χ2v) is 3.90. The van der Waals surface area contributed by atoms with E-state index in [0.717, 1.165) is 0 Å². The molecule has 0 aromatic carbocycles. The van der Waals surface area contributed by atoms with Crippen LogP contribution >= 0.6 is 0 Å². The highest BCUT2D eigenvalue weighted by molar-refractivity contribution is 5.85.